The van der Waals surface area contributed by atoms with Crippen molar-refractivity contribution in [2.45, 2.75) is 44.6 Å². The second-order valence-corrected chi connectivity index (χ2v) is 6.85. The largest absolute Gasteiger partial charge is 0.381 e. The van der Waals surface area contributed by atoms with E-state index in [4.69, 9.17) is 4.74 Å². The Labute approximate surface area is 138 Å². The van der Waals surface area contributed by atoms with Gasteiger partial charge in [0.2, 0.25) is 11.8 Å². The second-order valence-electron chi connectivity index (χ2n) is 6.85. The van der Waals surface area contributed by atoms with Gasteiger partial charge in [-0.3, -0.25) is 14.5 Å². The SMILES string of the molecule is O=C1CCCN1CCCC(=O)N1CCN(C2CCOCC2)CC1. The minimum absolute atomic E-state index is 0.252. The molecule has 6 nitrogen and oxygen atoms in total. The van der Waals surface area contributed by atoms with Gasteiger partial charge in [-0.25, -0.2) is 0 Å². The third-order valence-corrected chi connectivity index (χ3v) is 5.36. The first kappa shape index (κ1) is 16.7. The third kappa shape index (κ3) is 4.44. The normalized spacial score (nSPS) is 24.4. The van der Waals surface area contributed by atoms with Gasteiger partial charge in [0, 0.05) is 71.4 Å². The van der Waals surface area contributed by atoms with Crippen molar-refractivity contribution in [1.29, 1.82) is 0 Å². The molecule has 3 aliphatic rings. The molecule has 23 heavy (non-hydrogen) atoms. The Morgan fingerprint density at radius 2 is 1.83 bits per heavy atom. The lowest BCUT2D eigenvalue weighted by molar-refractivity contribution is -0.134. The molecule has 0 aromatic rings. The Morgan fingerprint density at radius 1 is 1.09 bits per heavy atom. The first-order valence-corrected chi connectivity index (χ1v) is 9.11. The molecule has 0 bridgehead atoms. The highest BCUT2D eigenvalue weighted by atomic mass is 16.5. The van der Waals surface area contributed by atoms with E-state index in [1.165, 1.54) is 0 Å². The summed E-state index contributed by atoms with van der Waals surface area (Å²) in [5.41, 5.74) is 0. The van der Waals surface area contributed by atoms with Gasteiger partial charge >= 0.3 is 0 Å². The molecule has 130 valence electrons. The topological polar surface area (TPSA) is 53.1 Å². The van der Waals surface area contributed by atoms with Crippen molar-refractivity contribution in [3.05, 3.63) is 0 Å². The zero-order valence-electron chi connectivity index (χ0n) is 14.0. The van der Waals surface area contributed by atoms with Gasteiger partial charge in [0.1, 0.15) is 0 Å². The number of carbonyl (C=O) groups is 2. The monoisotopic (exact) mass is 323 g/mol. The third-order valence-electron chi connectivity index (χ3n) is 5.36. The molecule has 0 saturated carbocycles. The highest BCUT2D eigenvalue weighted by Crippen LogP contribution is 2.17. The van der Waals surface area contributed by atoms with E-state index in [-0.39, 0.29) is 11.8 Å². The number of rotatable bonds is 5. The van der Waals surface area contributed by atoms with Gasteiger partial charge in [-0.1, -0.05) is 0 Å². The highest BCUT2D eigenvalue weighted by molar-refractivity contribution is 5.78. The molecule has 0 spiro atoms. The van der Waals surface area contributed by atoms with Crippen LogP contribution in [0.2, 0.25) is 0 Å². The van der Waals surface area contributed by atoms with Crippen LogP contribution in [-0.2, 0) is 14.3 Å². The average molecular weight is 323 g/mol. The molecule has 0 atom stereocenters. The summed E-state index contributed by atoms with van der Waals surface area (Å²) >= 11 is 0. The minimum Gasteiger partial charge on any atom is -0.381 e. The van der Waals surface area contributed by atoms with Gasteiger partial charge in [0.15, 0.2) is 0 Å². The number of nitrogens with zero attached hydrogens (tertiary/aromatic N) is 3. The zero-order valence-corrected chi connectivity index (χ0v) is 14.0. The van der Waals surface area contributed by atoms with E-state index in [9.17, 15) is 9.59 Å². The van der Waals surface area contributed by atoms with Crippen molar-refractivity contribution < 1.29 is 14.3 Å². The van der Waals surface area contributed by atoms with Crippen molar-refractivity contribution in [2.24, 2.45) is 0 Å². The lowest BCUT2D eigenvalue weighted by Gasteiger charge is -2.40. The lowest BCUT2D eigenvalue weighted by Crippen LogP contribution is -2.53. The molecule has 0 radical (unpaired) electrons. The molecule has 2 amide bonds. The Balaban J connectivity index is 1.34. The van der Waals surface area contributed by atoms with Crippen LogP contribution >= 0.6 is 0 Å². The summed E-state index contributed by atoms with van der Waals surface area (Å²) < 4.78 is 5.42. The fourth-order valence-corrected chi connectivity index (χ4v) is 3.91. The van der Waals surface area contributed by atoms with Crippen molar-refractivity contribution >= 4 is 11.8 Å². The molecule has 0 aliphatic carbocycles. The van der Waals surface area contributed by atoms with E-state index in [0.717, 1.165) is 78.2 Å². The zero-order chi connectivity index (χ0) is 16.1. The van der Waals surface area contributed by atoms with E-state index in [1.54, 1.807) is 0 Å². The summed E-state index contributed by atoms with van der Waals surface area (Å²) in [6, 6.07) is 0.641. The molecule has 3 saturated heterocycles. The van der Waals surface area contributed by atoms with Crippen LogP contribution in [0.5, 0.6) is 0 Å². The van der Waals surface area contributed by atoms with Crippen molar-refractivity contribution in [3.8, 4) is 0 Å². The number of carbonyl (C=O) groups excluding carboxylic acids is 2. The summed E-state index contributed by atoms with van der Waals surface area (Å²) in [4.78, 5) is 30.3. The van der Waals surface area contributed by atoms with Crippen molar-refractivity contribution in [3.63, 3.8) is 0 Å². The van der Waals surface area contributed by atoms with Gasteiger partial charge in [0.05, 0.1) is 0 Å². The standard InChI is InChI=1S/C17H29N3O3/c21-16-3-1-7-19(16)8-2-4-17(22)20-11-9-18(10-12-20)15-5-13-23-14-6-15/h15H,1-14H2. The average Bonchev–Trinajstić information content (AvgIpc) is 3.01. The Kier molecular flexibility index (Phi) is 5.89. The fourth-order valence-electron chi connectivity index (χ4n) is 3.91. The Morgan fingerprint density at radius 3 is 2.48 bits per heavy atom. The molecule has 3 heterocycles. The van der Waals surface area contributed by atoms with E-state index in [2.05, 4.69) is 4.90 Å². The molecule has 0 aromatic carbocycles. The summed E-state index contributed by atoms with van der Waals surface area (Å²) in [5, 5.41) is 0. The van der Waals surface area contributed by atoms with Crippen LogP contribution in [0.25, 0.3) is 0 Å². The molecule has 0 aromatic heterocycles. The van der Waals surface area contributed by atoms with Crippen LogP contribution in [0.3, 0.4) is 0 Å². The lowest BCUT2D eigenvalue weighted by atomic mass is 10.1. The molecular weight excluding hydrogens is 294 g/mol. The number of piperazine rings is 1. The Hall–Kier alpha value is -1.14. The van der Waals surface area contributed by atoms with Crippen LogP contribution < -0.4 is 0 Å². The Bertz CT molecular complexity index is 415. The number of hydrogen-bond donors (Lipinski definition) is 0. The van der Waals surface area contributed by atoms with Gasteiger partial charge < -0.3 is 14.5 Å². The summed E-state index contributed by atoms with van der Waals surface area (Å²) in [6.07, 6.45) is 5.27. The second kappa shape index (κ2) is 8.11. The molecular formula is C17H29N3O3. The van der Waals surface area contributed by atoms with E-state index in [0.29, 0.717) is 18.9 Å². The number of ether oxygens (including phenoxy) is 1. The molecule has 3 fully saturated rings. The molecule has 0 unspecified atom stereocenters. The molecule has 6 heteroatoms. The van der Waals surface area contributed by atoms with Gasteiger partial charge in [-0.05, 0) is 25.7 Å². The van der Waals surface area contributed by atoms with Crippen molar-refractivity contribution in [1.82, 2.24) is 14.7 Å². The van der Waals surface area contributed by atoms with Crippen molar-refractivity contribution in [2.75, 3.05) is 52.5 Å². The van der Waals surface area contributed by atoms with Gasteiger partial charge in [0.25, 0.3) is 0 Å². The smallest absolute Gasteiger partial charge is 0.222 e. The minimum atomic E-state index is 0.252. The molecule has 0 N–H and O–H groups in total. The molecule has 3 aliphatic heterocycles. The predicted octanol–water partition coefficient (Wildman–Crippen LogP) is 0.712. The first-order chi connectivity index (χ1) is 11.2. The number of amides is 2. The van der Waals surface area contributed by atoms with Crippen LogP contribution in [0.15, 0.2) is 0 Å². The summed E-state index contributed by atoms with van der Waals surface area (Å²) in [6.45, 7) is 7.03. The summed E-state index contributed by atoms with van der Waals surface area (Å²) in [7, 11) is 0. The van der Waals surface area contributed by atoms with Crippen LogP contribution in [0, 0.1) is 0 Å². The maximum absolute atomic E-state index is 12.3. The van der Waals surface area contributed by atoms with Gasteiger partial charge in [-0.2, -0.15) is 0 Å². The van der Waals surface area contributed by atoms with Crippen LogP contribution in [0.4, 0.5) is 0 Å². The number of likely N-dealkylation sites (tertiary alicyclic amines) is 1. The van der Waals surface area contributed by atoms with Gasteiger partial charge in [-0.15, -0.1) is 0 Å². The maximum atomic E-state index is 12.3. The summed E-state index contributed by atoms with van der Waals surface area (Å²) in [5.74, 6) is 0.505. The highest BCUT2D eigenvalue weighted by Gasteiger charge is 2.27. The van der Waals surface area contributed by atoms with E-state index >= 15 is 0 Å². The quantitative estimate of drug-likeness (QED) is 0.748. The van der Waals surface area contributed by atoms with E-state index in [1.807, 2.05) is 9.80 Å². The predicted molar refractivity (Wildman–Crippen MR) is 87.0 cm³/mol. The maximum Gasteiger partial charge on any atom is 0.222 e. The molecule has 3 rings (SSSR count). The van der Waals surface area contributed by atoms with E-state index < -0.39 is 0 Å². The number of hydrogen-bond acceptors (Lipinski definition) is 4. The fraction of sp³-hybridized carbons (Fsp3) is 0.882. The van der Waals surface area contributed by atoms with Crippen LogP contribution in [-0.4, -0.2) is 85.0 Å². The van der Waals surface area contributed by atoms with Crippen LogP contribution in [0.1, 0.15) is 38.5 Å². The first-order valence-electron chi connectivity index (χ1n) is 9.11.